The Hall–Kier alpha value is -4.00. The van der Waals surface area contributed by atoms with Gasteiger partial charge in [-0.05, 0) is 47.0 Å². The Bertz CT molecular complexity index is 1560. The summed E-state index contributed by atoms with van der Waals surface area (Å²) >= 11 is 1.67. The van der Waals surface area contributed by atoms with Gasteiger partial charge >= 0.3 is 0 Å². The van der Waals surface area contributed by atoms with Crippen molar-refractivity contribution in [1.29, 1.82) is 0 Å². The van der Waals surface area contributed by atoms with Gasteiger partial charge in [-0.2, -0.15) is 0 Å². The van der Waals surface area contributed by atoms with Crippen LogP contribution >= 0.6 is 11.3 Å². The van der Waals surface area contributed by atoms with Gasteiger partial charge in [0, 0.05) is 55.3 Å². The summed E-state index contributed by atoms with van der Waals surface area (Å²) in [7, 11) is 6.48. The molecule has 1 aromatic heterocycles. The molecule has 4 rings (SSSR count). The Morgan fingerprint density at radius 2 is 1.13 bits per heavy atom. The number of methoxy groups -OCH3 is 4. The maximum Gasteiger partial charge on any atom is 0.130 e. The number of ether oxygens (including phenoxy) is 6. The molecule has 0 aliphatic heterocycles. The van der Waals surface area contributed by atoms with Crippen LogP contribution in [0.4, 0.5) is 0 Å². The number of thiophene rings is 1. The van der Waals surface area contributed by atoms with Crippen molar-refractivity contribution in [3.63, 3.8) is 0 Å². The third-order valence-electron chi connectivity index (χ3n) is 7.99. The van der Waals surface area contributed by atoms with Crippen LogP contribution in [-0.2, 0) is 26.3 Å². The summed E-state index contributed by atoms with van der Waals surface area (Å²) in [4.78, 5) is 1.13. The Kier molecular flexibility index (Phi) is 13.6. The van der Waals surface area contributed by atoms with Crippen LogP contribution < -0.4 is 39.1 Å². The standard InChI is InChI=1S/C36H46N2O8S/c1-23-25(20-45-26-14-32(41-3)29(18-37-10-12-39)33(15-26)42-4)8-7-9-28(23)31-22-47-36(24(31)2)21-46-27-16-34(43-5)30(19-38-11-13-40)35(17-27)44-6/h7-9,14-17,22,37-40H,10-13,18-21H2,1-6H3. The summed E-state index contributed by atoms with van der Waals surface area (Å²) < 4.78 is 35.0. The number of hydrogen-bond donors (Lipinski definition) is 4. The van der Waals surface area contributed by atoms with Gasteiger partial charge in [0.15, 0.2) is 0 Å². The lowest BCUT2D eigenvalue weighted by Crippen LogP contribution is -2.18. The second-order valence-electron chi connectivity index (χ2n) is 10.8. The summed E-state index contributed by atoms with van der Waals surface area (Å²) in [6.07, 6.45) is 0. The molecule has 47 heavy (non-hydrogen) atoms. The largest absolute Gasteiger partial charge is 0.496 e. The quantitative estimate of drug-likeness (QED) is 0.0971. The topological polar surface area (TPSA) is 120 Å². The van der Waals surface area contributed by atoms with Crippen molar-refractivity contribution < 1.29 is 38.6 Å². The van der Waals surface area contributed by atoms with Gasteiger partial charge in [-0.25, -0.2) is 0 Å². The highest BCUT2D eigenvalue weighted by atomic mass is 32.1. The molecule has 0 aliphatic carbocycles. The van der Waals surface area contributed by atoms with E-state index in [0.717, 1.165) is 38.3 Å². The summed E-state index contributed by atoms with van der Waals surface area (Å²) in [5.41, 5.74) is 7.43. The Labute approximate surface area is 281 Å². The third kappa shape index (κ3) is 8.88. The SMILES string of the molecule is COc1cc(OCc2cccc(-c3csc(COc4cc(OC)c(CNCCO)c(OC)c4)c3C)c2C)cc(OC)c1CNCCO. The van der Waals surface area contributed by atoms with Gasteiger partial charge in [0.05, 0.1) is 52.8 Å². The highest BCUT2D eigenvalue weighted by Crippen LogP contribution is 2.38. The third-order valence-corrected chi connectivity index (χ3v) is 9.05. The number of rotatable bonds is 19. The van der Waals surface area contributed by atoms with Crippen LogP contribution in [-0.4, -0.2) is 65.0 Å². The molecule has 3 aromatic carbocycles. The van der Waals surface area contributed by atoms with Gasteiger partial charge in [0.2, 0.25) is 0 Å². The van der Waals surface area contributed by atoms with E-state index < -0.39 is 0 Å². The number of nitrogens with one attached hydrogen (secondary N) is 2. The van der Waals surface area contributed by atoms with Gasteiger partial charge in [0.25, 0.3) is 0 Å². The molecular weight excluding hydrogens is 620 g/mol. The molecule has 4 aromatic rings. The second-order valence-corrected chi connectivity index (χ2v) is 11.7. The minimum absolute atomic E-state index is 0.0515. The number of aliphatic hydroxyl groups is 2. The first kappa shape index (κ1) is 35.8. The number of aliphatic hydroxyl groups excluding tert-OH is 2. The summed E-state index contributed by atoms with van der Waals surface area (Å²) in [5, 5.41) is 26.8. The molecule has 0 fully saturated rings. The second kappa shape index (κ2) is 17.8. The Morgan fingerprint density at radius 1 is 0.638 bits per heavy atom. The molecule has 0 saturated heterocycles. The molecule has 1 heterocycles. The zero-order valence-corrected chi connectivity index (χ0v) is 28.8. The lowest BCUT2D eigenvalue weighted by Gasteiger charge is -2.17. The first-order valence-electron chi connectivity index (χ1n) is 15.4. The molecule has 0 atom stereocenters. The average molecular weight is 667 g/mol. The molecule has 0 bridgehead atoms. The highest BCUT2D eigenvalue weighted by Gasteiger charge is 2.18. The Morgan fingerprint density at radius 3 is 1.60 bits per heavy atom. The highest BCUT2D eigenvalue weighted by molar-refractivity contribution is 7.10. The van der Waals surface area contributed by atoms with Crippen molar-refractivity contribution in [3.05, 3.63) is 80.5 Å². The van der Waals surface area contributed by atoms with Gasteiger partial charge < -0.3 is 49.3 Å². The molecule has 0 saturated carbocycles. The fourth-order valence-electron chi connectivity index (χ4n) is 5.33. The fourth-order valence-corrected chi connectivity index (χ4v) is 6.30. The molecule has 11 heteroatoms. The zero-order chi connectivity index (χ0) is 33.8. The van der Waals surface area contributed by atoms with Crippen LogP contribution in [0.5, 0.6) is 34.5 Å². The lowest BCUT2D eigenvalue weighted by molar-refractivity contribution is 0.289. The van der Waals surface area contributed by atoms with Gasteiger partial charge in [-0.1, -0.05) is 18.2 Å². The maximum absolute atomic E-state index is 9.12. The predicted octanol–water partition coefficient (Wildman–Crippen LogP) is 5.39. The first-order chi connectivity index (χ1) is 22.9. The van der Waals surface area contributed by atoms with E-state index in [4.69, 9.17) is 38.6 Å². The van der Waals surface area contributed by atoms with Gasteiger partial charge in [-0.3, -0.25) is 0 Å². The molecule has 0 spiro atoms. The molecule has 254 valence electrons. The van der Waals surface area contributed by atoms with Crippen LogP contribution in [0, 0.1) is 13.8 Å². The zero-order valence-electron chi connectivity index (χ0n) is 28.0. The van der Waals surface area contributed by atoms with Crippen LogP contribution in [0.25, 0.3) is 11.1 Å². The Balaban J connectivity index is 1.48. The van der Waals surface area contributed by atoms with Crippen molar-refractivity contribution >= 4 is 11.3 Å². The summed E-state index contributed by atoms with van der Waals surface area (Å²) in [6, 6.07) is 13.7. The predicted molar refractivity (Wildman–Crippen MR) is 185 cm³/mol. The van der Waals surface area contributed by atoms with Crippen LogP contribution in [0.2, 0.25) is 0 Å². The normalized spacial score (nSPS) is 11.0. The van der Waals surface area contributed by atoms with Crippen LogP contribution in [0.3, 0.4) is 0 Å². The van der Waals surface area contributed by atoms with Crippen LogP contribution in [0.15, 0.2) is 47.8 Å². The number of hydrogen-bond acceptors (Lipinski definition) is 11. The van der Waals surface area contributed by atoms with Crippen molar-refractivity contribution in [2.45, 2.75) is 40.2 Å². The van der Waals surface area contributed by atoms with Crippen molar-refractivity contribution in [2.75, 3.05) is 54.7 Å². The molecule has 4 N–H and O–H groups in total. The molecule has 0 unspecified atom stereocenters. The van der Waals surface area contributed by atoms with Gasteiger partial charge in [-0.15, -0.1) is 11.3 Å². The van der Waals surface area contributed by atoms with E-state index in [1.165, 1.54) is 5.56 Å². The minimum Gasteiger partial charge on any atom is -0.496 e. The molecule has 10 nitrogen and oxygen atoms in total. The average Bonchev–Trinajstić information content (AvgIpc) is 3.46. The molecule has 0 radical (unpaired) electrons. The lowest BCUT2D eigenvalue weighted by atomic mass is 9.96. The first-order valence-corrected chi connectivity index (χ1v) is 16.3. The van der Waals surface area contributed by atoms with E-state index in [1.807, 2.05) is 24.3 Å². The summed E-state index contributed by atoms with van der Waals surface area (Å²) in [5.74, 6) is 3.92. The van der Waals surface area contributed by atoms with E-state index in [2.05, 4.69) is 48.1 Å². The molecular formula is C36H46N2O8S. The summed E-state index contributed by atoms with van der Waals surface area (Å²) in [6.45, 7) is 7.08. The van der Waals surface area contributed by atoms with Crippen LogP contribution in [0.1, 0.15) is 32.7 Å². The minimum atomic E-state index is 0.0515. The van der Waals surface area contributed by atoms with E-state index in [1.54, 1.807) is 39.8 Å². The monoisotopic (exact) mass is 666 g/mol. The molecule has 0 amide bonds. The van der Waals surface area contributed by atoms with Crippen molar-refractivity contribution in [3.8, 4) is 45.6 Å². The van der Waals surface area contributed by atoms with E-state index in [0.29, 0.717) is 73.9 Å². The maximum atomic E-state index is 9.12. The van der Waals surface area contributed by atoms with E-state index in [-0.39, 0.29) is 13.2 Å². The number of benzene rings is 3. The van der Waals surface area contributed by atoms with Crippen molar-refractivity contribution in [1.82, 2.24) is 10.6 Å². The van der Waals surface area contributed by atoms with Crippen molar-refractivity contribution in [2.24, 2.45) is 0 Å². The molecule has 0 aliphatic rings. The smallest absolute Gasteiger partial charge is 0.130 e. The van der Waals surface area contributed by atoms with E-state index in [9.17, 15) is 0 Å². The van der Waals surface area contributed by atoms with E-state index >= 15 is 0 Å². The fraction of sp³-hybridized carbons (Fsp3) is 0.389. The van der Waals surface area contributed by atoms with Gasteiger partial charge in [0.1, 0.15) is 47.7 Å².